The molecule has 1 unspecified atom stereocenters. The summed E-state index contributed by atoms with van der Waals surface area (Å²) >= 11 is 1.76. The van der Waals surface area contributed by atoms with E-state index in [1.54, 1.807) is 18.4 Å². The Hall–Kier alpha value is -2.67. The highest BCUT2D eigenvalue weighted by Gasteiger charge is 2.33. The Kier molecular flexibility index (Phi) is 6.76. The van der Waals surface area contributed by atoms with E-state index in [2.05, 4.69) is 28.4 Å². The molecule has 3 aromatic rings. The molecule has 5 rings (SSSR count). The third-order valence-corrected chi connectivity index (χ3v) is 7.79. The summed E-state index contributed by atoms with van der Waals surface area (Å²) in [5, 5.41) is 4.27. The molecular formula is C27H30N2O3S. The van der Waals surface area contributed by atoms with Crippen molar-refractivity contribution in [2.24, 2.45) is 0 Å². The molecule has 0 spiro atoms. The Balaban J connectivity index is 1.61. The van der Waals surface area contributed by atoms with Gasteiger partial charge in [-0.3, -0.25) is 9.69 Å². The first-order valence-corrected chi connectivity index (χ1v) is 12.5. The predicted molar refractivity (Wildman–Crippen MR) is 133 cm³/mol. The van der Waals surface area contributed by atoms with E-state index < -0.39 is 0 Å². The van der Waals surface area contributed by atoms with Gasteiger partial charge in [0.2, 0.25) is 0 Å². The van der Waals surface area contributed by atoms with E-state index in [4.69, 9.17) is 9.47 Å². The topological polar surface area (TPSA) is 50.8 Å². The number of nitrogens with zero attached hydrogens (tertiary/aromatic N) is 1. The first kappa shape index (κ1) is 22.1. The van der Waals surface area contributed by atoms with Crippen LogP contribution >= 0.6 is 11.3 Å². The standard InChI is InChI=1S/C27H30N2O3S/c1-31-21-11-7-10-20(18-21)25(29-14-16-32-17-15-29)24-22-12-5-6-13-23(22)33-27(24)28-26(30)19-8-3-2-4-9-19/h2-4,7-11,18,25H,5-6,12-17H2,1H3,(H,28,30). The van der Waals surface area contributed by atoms with Gasteiger partial charge in [0.1, 0.15) is 10.8 Å². The Bertz CT molecular complexity index is 1110. The van der Waals surface area contributed by atoms with Crippen molar-refractivity contribution in [2.45, 2.75) is 31.7 Å². The van der Waals surface area contributed by atoms with Crippen LogP contribution in [0.2, 0.25) is 0 Å². The minimum atomic E-state index is -0.0539. The van der Waals surface area contributed by atoms with E-state index in [1.807, 2.05) is 36.4 Å². The van der Waals surface area contributed by atoms with E-state index in [-0.39, 0.29) is 11.9 Å². The molecule has 1 aromatic heterocycles. The number of thiophene rings is 1. The molecular weight excluding hydrogens is 432 g/mol. The fourth-order valence-electron chi connectivity index (χ4n) is 4.94. The number of amides is 1. The van der Waals surface area contributed by atoms with Crippen LogP contribution in [-0.4, -0.2) is 44.2 Å². The normalized spacial score (nSPS) is 17.2. The van der Waals surface area contributed by atoms with Crippen molar-refractivity contribution in [3.05, 3.63) is 81.7 Å². The summed E-state index contributed by atoms with van der Waals surface area (Å²) < 4.78 is 11.2. The van der Waals surface area contributed by atoms with Crippen molar-refractivity contribution in [1.82, 2.24) is 4.90 Å². The monoisotopic (exact) mass is 462 g/mol. The predicted octanol–water partition coefficient (Wildman–Crippen LogP) is 5.31. The van der Waals surface area contributed by atoms with Gasteiger partial charge in [-0.05, 0) is 61.1 Å². The average molecular weight is 463 g/mol. The number of carbonyl (C=O) groups excluding carboxylic acids is 1. The molecule has 0 bridgehead atoms. The highest BCUT2D eigenvalue weighted by atomic mass is 32.1. The van der Waals surface area contributed by atoms with Gasteiger partial charge in [-0.1, -0.05) is 30.3 Å². The Morgan fingerprint density at radius 1 is 1.06 bits per heavy atom. The number of aryl methyl sites for hydroxylation is 1. The minimum absolute atomic E-state index is 0.0492. The molecule has 1 N–H and O–H groups in total. The maximum atomic E-state index is 13.2. The van der Waals surface area contributed by atoms with Gasteiger partial charge in [-0.2, -0.15) is 0 Å². The van der Waals surface area contributed by atoms with Crippen molar-refractivity contribution in [3.8, 4) is 5.75 Å². The molecule has 1 saturated heterocycles. The number of morpholine rings is 1. The Morgan fingerprint density at radius 3 is 2.64 bits per heavy atom. The number of ether oxygens (including phenoxy) is 2. The fraction of sp³-hybridized carbons (Fsp3) is 0.370. The van der Waals surface area contributed by atoms with Gasteiger partial charge < -0.3 is 14.8 Å². The zero-order valence-electron chi connectivity index (χ0n) is 19.0. The molecule has 0 saturated carbocycles. The van der Waals surface area contributed by atoms with Crippen molar-refractivity contribution in [3.63, 3.8) is 0 Å². The maximum Gasteiger partial charge on any atom is 0.256 e. The van der Waals surface area contributed by atoms with Gasteiger partial charge in [0.15, 0.2) is 0 Å². The number of anilines is 1. The zero-order valence-corrected chi connectivity index (χ0v) is 19.8. The molecule has 0 radical (unpaired) electrons. The number of fused-ring (bicyclic) bond motifs is 1. The number of methoxy groups -OCH3 is 1. The highest BCUT2D eigenvalue weighted by Crippen LogP contribution is 2.46. The lowest BCUT2D eigenvalue weighted by molar-refractivity contribution is 0.0239. The van der Waals surface area contributed by atoms with E-state index in [1.165, 1.54) is 34.4 Å². The molecule has 2 heterocycles. The summed E-state index contributed by atoms with van der Waals surface area (Å²) in [4.78, 5) is 17.1. The largest absolute Gasteiger partial charge is 0.497 e. The lowest BCUT2D eigenvalue weighted by Crippen LogP contribution is -2.40. The summed E-state index contributed by atoms with van der Waals surface area (Å²) in [6.45, 7) is 3.16. The van der Waals surface area contributed by atoms with E-state index in [0.717, 1.165) is 49.9 Å². The van der Waals surface area contributed by atoms with Crippen molar-refractivity contribution < 1.29 is 14.3 Å². The number of carbonyl (C=O) groups is 1. The van der Waals surface area contributed by atoms with Crippen LogP contribution in [0.3, 0.4) is 0 Å². The van der Waals surface area contributed by atoms with E-state index in [0.29, 0.717) is 5.56 Å². The fourth-order valence-corrected chi connectivity index (χ4v) is 6.26. The summed E-state index contributed by atoms with van der Waals surface area (Å²) in [5.74, 6) is 0.798. The lowest BCUT2D eigenvalue weighted by atomic mass is 9.88. The molecule has 5 nitrogen and oxygen atoms in total. The summed E-state index contributed by atoms with van der Waals surface area (Å²) in [7, 11) is 1.71. The minimum Gasteiger partial charge on any atom is -0.497 e. The zero-order chi connectivity index (χ0) is 22.6. The van der Waals surface area contributed by atoms with E-state index >= 15 is 0 Å². The van der Waals surface area contributed by atoms with Crippen LogP contribution in [0.1, 0.15) is 50.8 Å². The summed E-state index contributed by atoms with van der Waals surface area (Å²) in [6, 6.07) is 17.9. The number of hydrogen-bond acceptors (Lipinski definition) is 5. The van der Waals surface area contributed by atoms with Gasteiger partial charge in [-0.25, -0.2) is 0 Å². The lowest BCUT2D eigenvalue weighted by Gasteiger charge is -2.36. The van der Waals surface area contributed by atoms with Crippen LogP contribution < -0.4 is 10.1 Å². The number of rotatable bonds is 6. The van der Waals surface area contributed by atoms with Crippen molar-refractivity contribution in [2.75, 3.05) is 38.7 Å². The molecule has 1 fully saturated rings. The van der Waals surface area contributed by atoms with Gasteiger partial charge in [0.05, 0.1) is 26.4 Å². The summed E-state index contributed by atoms with van der Waals surface area (Å²) in [5.41, 5.74) is 4.56. The summed E-state index contributed by atoms with van der Waals surface area (Å²) in [6.07, 6.45) is 4.55. The first-order chi connectivity index (χ1) is 16.2. The first-order valence-electron chi connectivity index (χ1n) is 11.7. The second-order valence-corrected chi connectivity index (χ2v) is 9.71. The van der Waals surface area contributed by atoms with Crippen LogP contribution in [0.25, 0.3) is 0 Å². The molecule has 2 aliphatic rings. The molecule has 1 atom stereocenters. The van der Waals surface area contributed by atoms with Crippen molar-refractivity contribution >= 4 is 22.2 Å². The molecule has 172 valence electrons. The van der Waals surface area contributed by atoms with Crippen LogP contribution in [0.5, 0.6) is 5.75 Å². The third-order valence-electron chi connectivity index (χ3n) is 6.57. The average Bonchev–Trinajstić information content (AvgIpc) is 3.23. The van der Waals surface area contributed by atoms with Crippen LogP contribution in [0.4, 0.5) is 5.00 Å². The van der Waals surface area contributed by atoms with Gasteiger partial charge in [0.25, 0.3) is 5.91 Å². The Morgan fingerprint density at radius 2 is 1.85 bits per heavy atom. The molecule has 1 aliphatic carbocycles. The molecule has 1 aliphatic heterocycles. The van der Waals surface area contributed by atoms with Gasteiger partial charge >= 0.3 is 0 Å². The number of benzene rings is 2. The number of hydrogen-bond donors (Lipinski definition) is 1. The third kappa shape index (κ3) is 4.69. The van der Waals surface area contributed by atoms with Crippen LogP contribution in [0.15, 0.2) is 54.6 Å². The smallest absolute Gasteiger partial charge is 0.256 e. The quantitative estimate of drug-likeness (QED) is 0.539. The van der Waals surface area contributed by atoms with Crippen molar-refractivity contribution in [1.29, 1.82) is 0 Å². The van der Waals surface area contributed by atoms with E-state index in [9.17, 15) is 4.79 Å². The maximum absolute atomic E-state index is 13.2. The second kappa shape index (κ2) is 10.1. The highest BCUT2D eigenvalue weighted by molar-refractivity contribution is 7.16. The van der Waals surface area contributed by atoms with Crippen LogP contribution in [-0.2, 0) is 17.6 Å². The molecule has 6 heteroatoms. The second-order valence-electron chi connectivity index (χ2n) is 8.60. The molecule has 33 heavy (non-hydrogen) atoms. The SMILES string of the molecule is COc1cccc(C(c2c(NC(=O)c3ccccc3)sc3c2CCCC3)N2CCOCC2)c1. The Labute approximate surface area is 199 Å². The molecule has 2 aromatic carbocycles. The number of nitrogens with one attached hydrogen (secondary N) is 1. The van der Waals surface area contributed by atoms with Gasteiger partial charge in [-0.15, -0.1) is 11.3 Å². The van der Waals surface area contributed by atoms with Gasteiger partial charge in [0, 0.05) is 29.1 Å². The molecule has 1 amide bonds. The van der Waals surface area contributed by atoms with Crippen LogP contribution in [0, 0.1) is 0 Å².